The Labute approximate surface area is 630 Å². The molecule has 14 aromatic rings. The highest BCUT2D eigenvalue weighted by Crippen LogP contribution is 2.66. The van der Waals surface area contributed by atoms with Crippen molar-refractivity contribution in [2.75, 3.05) is 9.80 Å². The summed E-state index contributed by atoms with van der Waals surface area (Å²) >= 11 is 0. The van der Waals surface area contributed by atoms with Gasteiger partial charge in [0.1, 0.15) is 57.9 Å². The van der Waals surface area contributed by atoms with Gasteiger partial charge in [-0.05, 0) is 270 Å². The van der Waals surface area contributed by atoms with Crippen LogP contribution in [0.5, 0.6) is 23.0 Å². The summed E-state index contributed by atoms with van der Waals surface area (Å²) in [5.74, 6) is -1.25. The molecule has 14 aromatic carbocycles. The minimum absolute atomic E-state index is 0.260. The molecule has 4 nitrogen and oxygen atoms in total. The molecule has 0 N–H and O–H groups in total. The molecule has 4 aliphatic rings. The first-order chi connectivity index (χ1) is 52.8. The van der Waals surface area contributed by atoms with Crippen molar-refractivity contribution in [1.82, 2.24) is 0 Å². The molecule has 0 amide bonds. The maximum absolute atomic E-state index is 17.4. The number of anilines is 6. The highest BCUT2D eigenvalue weighted by Gasteiger charge is 2.57. The zero-order chi connectivity index (χ0) is 74.9. The summed E-state index contributed by atoms with van der Waals surface area (Å²) in [6.45, 7) is 17.0. The van der Waals surface area contributed by atoms with Crippen LogP contribution in [0.2, 0.25) is 0 Å². The maximum atomic E-state index is 17.4. The number of ether oxygens (including phenoxy) is 2. The molecule has 0 saturated heterocycles. The fourth-order valence-electron chi connectivity index (χ4n) is 18.8. The lowest BCUT2D eigenvalue weighted by Gasteiger charge is -2.35. The van der Waals surface area contributed by atoms with Gasteiger partial charge in [-0.2, -0.15) is 0 Å². The zero-order valence-electron chi connectivity index (χ0n) is 60.3. The van der Waals surface area contributed by atoms with Crippen molar-refractivity contribution < 1.29 is 35.8 Å². The Kier molecular flexibility index (Phi) is 16.1. The van der Waals surface area contributed by atoms with Gasteiger partial charge in [0.2, 0.25) is 0 Å². The largest absolute Gasteiger partial charge is 0.457 e. The van der Waals surface area contributed by atoms with Crippen molar-refractivity contribution in [3.8, 4) is 45.3 Å². The molecule has 18 rings (SSSR count). The molecule has 532 valence electrons. The lowest BCUT2D eigenvalue weighted by atomic mass is 9.67. The van der Waals surface area contributed by atoms with E-state index < -0.39 is 51.1 Å². The van der Waals surface area contributed by atoms with Crippen LogP contribution in [0.4, 0.5) is 60.5 Å². The van der Waals surface area contributed by atoms with Crippen LogP contribution < -0.4 is 19.3 Å². The molecule has 0 fully saturated rings. The first kappa shape index (κ1) is 68.2. The second-order valence-electron chi connectivity index (χ2n) is 30.4. The minimum Gasteiger partial charge on any atom is -0.457 e. The highest BCUT2D eigenvalue weighted by atomic mass is 19.2. The number of halogens is 6. The van der Waals surface area contributed by atoms with Gasteiger partial charge < -0.3 is 19.3 Å². The standard InChI is InChI=1S/C99H72F6N2O2/c1-7-61-17-39-75(40-18-61)108-77-43-21-63(22-44-77)98(87-49-29-67(102)53-93(87)104)83-15-11-9-13-79(83)81-47-35-71(55-89(81)98)106(69-31-25-65(100)26-32-69)73-37-51-85-91(57-73)97(59-95(85,3)4)60-96(5,6)86-52-38-74(58-92(86)97)107(70-33-27-66(101)28-34-70)72-36-48-82-80-14-10-12-16-84(80)99(90(82)56-72,88-50-30-68(103)54-94(88)105)64-23-45-78(46-24-64)109-76-41-19-62(8-2)20-42-76/h7-58H,1-2,59-60H2,3-6H3. The smallest absolute Gasteiger partial charge is 0.130 e. The van der Waals surface area contributed by atoms with Gasteiger partial charge in [0, 0.05) is 62.8 Å². The summed E-state index contributed by atoms with van der Waals surface area (Å²) in [7, 11) is 0. The van der Waals surface area contributed by atoms with E-state index in [0.29, 0.717) is 45.7 Å². The summed E-state index contributed by atoms with van der Waals surface area (Å²) in [5, 5.41) is 0. The number of fused-ring (bicyclic) bond motifs is 10. The molecule has 0 aromatic heterocycles. The number of rotatable bonds is 16. The monoisotopic (exact) mass is 1430 g/mol. The average molecular weight is 1440 g/mol. The average Bonchev–Trinajstić information content (AvgIpc) is 1.53. The van der Waals surface area contributed by atoms with Gasteiger partial charge in [0.15, 0.2) is 0 Å². The highest BCUT2D eigenvalue weighted by molar-refractivity contribution is 5.92. The third-order valence-corrected chi connectivity index (χ3v) is 23.2. The van der Waals surface area contributed by atoms with Crippen LogP contribution in [-0.4, -0.2) is 0 Å². The van der Waals surface area contributed by atoms with Crippen molar-refractivity contribution in [2.45, 2.75) is 67.6 Å². The molecule has 109 heavy (non-hydrogen) atoms. The van der Waals surface area contributed by atoms with E-state index in [-0.39, 0.29) is 22.0 Å². The molecule has 0 saturated carbocycles. The molecule has 0 radical (unpaired) electrons. The van der Waals surface area contributed by atoms with Gasteiger partial charge in [0.05, 0.1) is 10.8 Å². The first-order valence-electron chi connectivity index (χ1n) is 36.6. The number of benzene rings is 14. The second kappa shape index (κ2) is 25.8. The van der Waals surface area contributed by atoms with Gasteiger partial charge in [-0.15, -0.1) is 0 Å². The van der Waals surface area contributed by atoms with Crippen LogP contribution in [0.3, 0.4) is 0 Å². The zero-order valence-corrected chi connectivity index (χ0v) is 60.3. The van der Waals surface area contributed by atoms with Crippen molar-refractivity contribution in [3.63, 3.8) is 0 Å². The SMILES string of the molecule is C=Cc1ccc(Oc2ccc(C3(c4ccc(F)cc4F)c4ccccc4-c4ccc(N(c5ccc(F)cc5)c5ccc6c(c5)C5(CC6(C)C)CC(C)(C)c6ccc(N(c7ccc(F)cc7)c7ccc8c(c7)C(c7ccc(Oc9ccc(C=C)cc9)cc7)(c7ccc(F)cc7F)c7ccccc7-8)cc65)cc43)cc2)cc1. The number of nitrogens with zero attached hydrogens (tertiary/aromatic N) is 2. The molecular formula is C99H72F6N2O2. The molecule has 10 heteroatoms. The van der Waals surface area contributed by atoms with Gasteiger partial charge >= 0.3 is 0 Å². The molecule has 2 atom stereocenters. The number of hydrogen-bond donors (Lipinski definition) is 0. The van der Waals surface area contributed by atoms with Crippen molar-refractivity contribution in [1.29, 1.82) is 0 Å². The number of hydrogen-bond acceptors (Lipinski definition) is 4. The van der Waals surface area contributed by atoms with Crippen LogP contribution in [-0.2, 0) is 27.1 Å². The molecule has 2 unspecified atom stereocenters. The topological polar surface area (TPSA) is 24.9 Å². The normalized spacial score (nSPS) is 17.7. The lowest BCUT2D eigenvalue weighted by molar-refractivity contribution is 0.349. The van der Waals surface area contributed by atoms with Crippen LogP contribution in [0.1, 0.15) is 118 Å². The molecular weight excluding hydrogens is 1360 g/mol. The van der Waals surface area contributed by atoms with Crippen molar-refractivity contribution in [2.24, 2.45) is 0 Å². The Bertz CT molecular complexity index is 5620. The van der Waals surface area contributed by atoms with E-state index in [1.807, 2.05) is 146 Å². The minimum atomic E-state index is -1.33. The van der Waals surface area contributed by atoms with Crippen LogP contribution in [0.15, 0.2) is 316 Å². The van der Waals surface area contributed by atoms with Crippen LogP contribution in [0, 0.1) is 34.9 Å². The Morgan fingerprint density at radius 3 is 0.945 bits per heavy atom. The fraction of sp³-hybridized carbons (Fsp3) is 0.111. The molecule has 4 aliphatic carbocycles. The second-order valence-corrected chi connectivity index (χ2v) is 30.4. The first-order valence-corrected chi connectivity index (χ1v) is 36.6. The van der Waals surface area contributed by atoms with Gasteiger partial charge in [0.25, 0.3) is 0 Å². The fourth-order valence-corrected chi connectivity index (χ4v) is 18.8. The summed E-state index contributed by atoms with van der Waals surface area (Å²) in [6, 6.07) is 93.0. The predicted molar refractivity (Wildman–Crippen MR) is 426 cm³/mol. The molecule has 1 spiro atoms. The molecule has 0 heterocycles. The van der Waals surface area contributed by atoms with Crippen LogP contribution in [0.25, 0.3) is 34.4 Å². The van der Waals surface area contributed by atoms with Gasteiger partial charge in [-0.25, -0.2) is 26.3 Å². The van der Waals surface area contributed by atoms with Gasteiger partial charge in [-0.1, -0.05) is 186 Å². The lowest BCUT2D eigenvalue weighted by Crippen LogP contribution is -2.30. The van der Waals surface area contributed by atoms with E-state index in [9.17, 15) is 0 Å². The molecule has 0 aliphatic heterocycles. The van der Waals surface area contributed by atoms with E-state index in [4.69, 9.17) is 9.47 Å². The summed E-state index contributed by atoms with van der Waals surface area (Å²) in [6.07, 6.45) is 5.03. The van der Waals surface area contributed by atoms with Crippen molar-refractivity contribution in [3.05, 3.63) is 429 Å². The third kappa shape index (κ3) is 11.0. The van der Waals surface area contributed by atoms with E-state index in [1.165, 1.54) is 47.5 Å². The summed E-state index contributed by atoms with van der Waals surface area (Å²) in [4.78, 5) is 4.29. The third-order valence-electron chi connectivity index (χ3n) is 23.2. The van der Waals surface area contributed by atoms with E-state index in [1.54, 1.807) is 48.6 Å². The van der Waals surface area contributed by atoms with Crippen LogP contribution >= 0.6 is 0 Å². The van der Waals surface area contributed by atoms with E-state index in [0.717, 1.165) is 114 Å². The summed E-state index contributed by atoms with van der Waals surface area (Å²) in [5.41, 5.74) is 15.5. The van der Waals surface area contributed by atoms with E-state index in [2.05, 4.69) is 123 Å². The predicted octanol–water partition coefficient (Wildman–Crippen LogP) is 26.7. The molecule has 0 bridgehead atoms. The van der Waals surface area contributed by atoms with E-state index >= 15 is 26.3 Å². The Balaban J connectivity index is 0.792. The maximum Gasteiger partial charge on any atom is 0.130 e. The Hall–Kier alpha value is -12.7. The Morgan fingerprint density at radius 2 is 0.587 bits per heavy atom. The quantitative estimate of drug-likeness (QED) is 0.0900. The van der Waals surface area contributed by atoms with Gasteiger partial charge in [-0.3, -0.25) is 0 Å². The summed E-state index contributed by atoms with van der Waals surface area (Å²) < 4.78 is 109. The van der Waals surface area contributed by atoms with Crippen molar-refractivity contribution >= 4 is 46.3 Å². The Morgan fingerprint density at radius 1 is 0.284 bits per heavy atom.